The van der Waals surface area contributed by atoms with Gasteiger partial charge >= 0.3 is 19.7 Å². The first-order valence-electron chi connectivity index (χ1n) is 9.62. The van der Waals surface area contributed by atoms with Gasteiger partial charge in [0.05, 0.1) is 25.5 Å². The van der Waals surface area contributed by atoms with Crippen molar-refractivity contribution < 1.29 is 32.7 Å². The zero-order chi connectivity index (χ0) is 20.7. The summed E-state index contributed by atoms with van der Waals surface area (Å²) in [4.78, 5) is 24.8. The van der Waals surface area contributed by atoms with Crippen LogP contribution in [0.2, 0.25) is 0 Å². The van der Waals surface area contributed by atoms with Crippen LogP contribution in [0.4, 0.5) is 4.79 Å². The molecule has 8 nitrogen and oxygen atoms in total. The third-order valence-electron chi connectivity index (χ3n) is 4.20. The molecule has 0 unspecified atom stereocenters. The van der Waals surface area contributed by atoms with Crippen LogP contribution in [0.3, 0.4) is 0 Å². The van der Waals surface area contributed by atoms with Crippen LogP contribution in [0.25, 0.3) is 0 Å². The summed E-state index contributed by atoms with van der Waals surface area (Å²) in [5.74, 6) is -0.986. The molecule has 0 aliphatic heterocycles. The summed E-state index contributed by atoms with van der Waals surface area (Å²) in [5.41, 5.74) is -1.19. The van der Waals surface area contributed by atoms with Gasteiger partial charge in [-0.1, -0.05) is 6.42 Å². The summed E-state index contributed by atoms with van der Waals surface area (Å²) in [6.45, 7) is 11.1. The Bertz CT molecular complexity index is 536. The first kappa shape index (κ1) is 23.9. The molecule has 0 aromatic carbocycles. The number of hydrogen-bond acceptors (Lipinski definition) is 7. The second-order valence-corrected chi connectivity index (χ2v) is 9.67. The molecular weight excluding hydrogens is 373 g/mol. The van der Waals surface area contributed by atoms with E-state index in [-0.39, 0.29) is 19.8 Å². The van der Waals surface area contributed by atoms with Crippen LogP contribution >= 0.6 is 7.60 Å². The number of hydrogen-bond donors (Lipinski definition) is 1. The second kappa shape index (κ2) is 10.4. The number of esters is 1. The molecule has 1 aliphatic rings. The van der Waals surface area contributed by atoms with Crippen LogP contribution in [0, 0.1) is 5.92 Å². The molecule has 0 spiro atoms. The molecule has 158 valence electrons. The number of ether oxygens (including phenoxy) is 2. The predicted octanol–water partition coefficient (Wildman–Crippen LogP) is 3.88. The van der Waals surface area contributed by atoms with E-state index in [1.165, 1.54) is 0 Å². The van der Waals surface area contributed by atoms with Gasteiger partial charge < -0.3 is 23.8 Å². The van der Waals surface area contributed by atoms with Crippen LogP contribution in [0.1, 0.15) is 60.8 Å². The Labute approximate surface area is 162 Å². The molecule has 1 amide bonds. The van der Waals surface area contributed by atoms with E-state index < -0.39 is 42.9 Å². The maximum Gasteiger partial charge on any atom is 0.408 e. The van der Waals surface area contributed by atoms with E-state index in [1.807, 2.05) is 0 Å². The molecule has 0 heterocycles. The third kappa shape index (κ3) is 7.09. The van der Waals surface area contributed by atoms with Crippen molar-refractivity contribution in [3.8, 4) is 0 Å². The standard InChI is InChI=1S/C18H34NO7P/c1-7-23-16(20)15(19-17(21)26-18(4,5)6)13-11-10-12-14(13)27(22,24-8-2)25-9-3/h13-15H,7-12H2,1-6H3,(H,19,21)/t13-,14+,15-/m0/s1. The van der Waals surface area contributed by atoms with E-state index in [0.29, 0.717) is 12.8 Å². The monoisotopic (exact) mass is 407 g/mol. The molecule has 0 aromatic rings. The number of carbonyl (C=O) groups excluding carboxylic acids is 2. The maximum absolute atomic E-state index is 13.3. The fourth-order valence-electron chi connectivity index (χ4n) is 3.35. The Morgan fingerprint density at radius 2 is 1.67 bits per heavy atom. The SMILES string of the molecule is CCOC(=O)[C@@H](NC(=O)OC(C)(C)C)[C@H]1CCC[C@H]1P(=O)(OCC)OCC. The molecule has 1 fully saturated rings. The fraction of sp³-hybridized carbons (Fsp3) is 0.889. The molecule has 3 atom stereocenters. The zero-order valence-corrected chi connectivity index (χ0v) is 18.2. The lowest BCUT2D eigenvalue weighted by Gasteiger charge is -2.32. The Hall–Kier alpha value is -1.11. The van der Waals surface area contributed by atoms with Crippen LogP contribution in [0.5, 0.6) is 0 Å². The lowest BCUT2D eigenvalue weighted by molar-refractivity contribution is -0.147. The Morgan fingerprint density at radius 1 is 1.07 bits per heavy atom. The first-order chi connectivity index (χ1) is 12.6. The van der Waals surface area contributed by atoms with Gasteiger partial charge in [-0.25, -0.2) is 9.59 Å². The normalized spacial score (nSPS) is 21.6. The fourth-order valence-corrected chi connectivity index (χ4v) is 5.81. The van der Waals surface area contributed by atoms with E-state index in [0.717, 1.165) is 6.42 Å². The number of amides is 1. The van der Waals surface area contributed by atoms with E-state index in [2.05, 4.69) is 5.32 Å². The Balaban J connectivity index is 3.09. The molecule has 1 saturated carbocycles. The van der Waals surface area contributed by atoms with Crippen LogP contribution < -0.4 is 5.32 Å². The lowest BCUT2D eigenvalue weighted by Crippen LogP contribution is -2.50. The minimum atomic E-state index is -3.42. The Kier molecular flexibility index (Phi) is 9.25. The molecule has 9 heteroatoms. The van der Waals surface area contributed by atoms with Crippen LogP contribution in [-0.2, 0) is 27.9 Å². The van der Waals surface area contributed by atoms with E-state index >= 15 is 0 Å². The zero-order valence-electron chi connectivity index (χ0n) is 17.3. The van der Waals surface area contributed by atoms with Gasteiger partial charge in [-0.05, 0) is 54.4 Å². The minimum Gasteiger partial charge on any atom is -0.464 e. The number of rotatable bonds is 9. The van der Waals surface area contributed by atoms with Gasteiger partial charge in [0.2, 0.25) is 0 Å². The quantitative estimate of drug-likeness (QED) is 0.457. The van der Waals surface area contributed by atoms with Crippen molar-refractivity contribution in [1.29, 1.82) is 0 Å². The van der Waals surface area contributed by atoms with Crippen molar-refractivity contribution in [2.24, 2.45) is 5.92 Å². The molecule has 27 heavy (non-hydrogen) atoms. The third-order valence-corrected chi connectivity index (χ3v) is 6.89. The van der Waals surface area contributed by atoms with Crippen molar-refractivity contribution in [2.75, 3.05) is 19.8 Å². The van der Waals surface area contributed by atoms with E-state index in [4.69, 9.17) is 18.5 Å². The van der Waals surface area contributed by atoms with Gasteiger partial charge in [-0.2, -0.15) is 0 Å². The van der Waals surface area contributed by atoms with Crippen molar-refractivity contribution in [3.63, 3.8) is 0 Å². The summed E-state index contributed by atoms with van der Waals surface area (Å²) in [7, 11) is -3.42. The van der Waals surface area contributed by atoms with Gasteiger partial charge in [-0.15, -0.1) is 0 Å². The average Bonchev–Trinajstić information content (AvgIpc) is 3.01. The van der Waals surface area contributed by atoms with Crippen molar-refractivity contribution in [1.82, 2.24) is 5.32 Å². The van der Waals surface area contributed by atoms with Crippen LogP contribution in [0.15, 0.2) is 0 Å². The van der Waals surface area contributed by atoms with Crippen molar-refractivity contribution >= 4 is 19.7 Å². The minimum absolute atomic E-state index is 0.178. The maximum atomic E-state index is 13.3. The van der Waals surface area contributed by atoms with Crippen LogP contribution in [-0.4, -0.2) is 49.2 Å². The van der Waals surface area contributed by atoms with Crippen molar-refractivity contribution in [2.45, 2.75) is 78.1 Å². The molecule has 1 N–H and O–H groups in total. The smallest absolute Gasteiger partial charge is 0.408 e. The molecule has 0 saturated heterocycles. The highest BCUT2D eigenvalue weighted by Crippen LogP contribution is 2.60. The highest BCUT2D eigenvalue weighted by molar-refractivity contribution is 7.54. The van der Waals surface area contributed by atoms with Gasteiger partial charge in [0.1, 0.15) is 11.6 Å². The summed E-state index contributed by atoms with van der Waals surface area (Å²) in [6.07, 6.45) is 1.24. The highest BCUT2D eigenvalue weighted by Gasteiger charge is 2.49. The van der Waals surface area contributed by atoms with E-state index in [9.17, 15) is 14.2 Å². The summed E-state index contributed by atoms with van der Waals surface area (Å²) in [5, 5.41) is 2.62. The van der Waals surface area contributed by atoms with Gasteiger partial charge in [-0.3, -0.25) is 4.57 Å². The predicted molar refractivity (Wildman–Crippen MR) is 102 cm³/mol. The second-order valence-electron chi connectivity index (χ2n) is 7.41. The highest BCUT2D eigenvalue weighted by atomic mass is 31.2. The topological polar surface area (TPSA) is 100 Å². The molecular formula is C18H34NO7P. The Morgan fingerprint density at radius 3 is 2.15 bits per heavy atom. The number of carbonyl (C=O) groups is 2. The first-order valence-corrected chi connectivity index (χ1v) is 11.2. The molecule has 0 bridgehead atoms. The van der Waals surface area contributed by atoms with Gasteiger partial charge in [0.25, 0.3) is 0 Å². The van der Waals surface area contributed by atoms with Crippen molar-refractivity contribution in [3.05, 3.63) is 0 Å². The summed E-state index contributed by atoms with van der Waals surface area (Å²) >= 11 is 0. The van der Waals surface area contributed by atoms with Gasteiger partial charge in [0.15, 0.2) is 0 Å². The molecule has 0 radical (unpaired) electrons. The summed E-state index contributed by atoms with van der Waals surface area (Å²) < 4.78 is 34.7. The molecule has 1 rings (SSSR count). The number of nitrogens with one attached hydrogen (secondary N) is 1. The largest absolute Gasteiger partial charge is 0.464 e. The van der Waals surface area contributed by atoms with E-state index in [1.54, 1.807) is 41.5 Å². The lowest BCUT2D eigenvalue weighted by atomic mass is 9.98. The molecule has 0 aromatic heterocycles. The van der Waals surface area contributed by atoms with Gasteiger partial charge in [0, 0.05) is 5.92 Å². The molecule has 1 aliphatic carbocycles. The summed E-state index contributed by atoms with van der Waals surface area (Å²) in [6, 6.07) is -0.971. The number of alkyl carbamates (subject to hydrolysis) is 1. The average molecular weight is 407 g/mol.